The van der Waals surface area contributed by atoms with E-state index in [-0.39, 0.29) is 17.6 Å². The summed E-state index contributed by atoms with van der Waals surface area (Å²) in [4.78, 5) is 22.6. The summed E-state index contributed by atoms with van der Waals surface area (Å²) in [5.41, 5.74) is 0.362. The standard InChI is InChI=1S/C13H17NO4/c1-13(2,3)18-12(16)9-4-8-5-10(7-15)17-11(8)14-6-9/h5,7,9,14H,4,6H2,1-3H3. The zero-order valence-corrected chi connectivity index (χ0v) is 10.8. The Hall–Kier alpha value is -1.78. The van der Waals surface area contributed by atoms with Crippen LogP contribution in [0.4, 0.5) is 5.88 Å². The van der Waals surface area contributed by atoms with Crippen LogP contribution in [0.1, 0.15) is 36.9 Å². The van der Waals surface area contributed by atoms with Crippen molar-refractivity contribution in [3.8, 4) is 0 Å². The van der Waals surface area contributed by atoms with Gasteiger partial charge in [-0.2, -0.15) is 0 Å². The fourth-order valence-electron chi connectivity index (χ4n) is 1.91. The van der Waals surface area contributed by atoms with E-state index in [1.807, 2.05) is 20.8 Å². The zero-order chi connectivity index (χ0) is 13.3. The van der Waals surface area contributed by atoms with Gasteiger partial charge in [0.25, 0.3) is 0 Å². The Labute approximate surface area is 105 Å². The molecule has 2 heterocycles. The summed E-state index contributed by atoms with van der Waals surface area (Å²) in [6.45, 7) is 5.99. The van der Waals surface area contributed by atoms with Gasteiger partial charge in [-0.15, -0.1) is 0 Å². The molecule has 0 radical (unpaired) electrons. The third-order valence-electron chi connectivity index (χ3n) is 2.66. The Morgan fingerprint density at radius 1 is 1.56 bits per heavy atom. The number of esters is 1. The maximum atomic E-state index is 11.9. The minimum absolute atomic E-state index is 0.227. The molecule has 1 aromatic rings. The number of anilines is 1. The molecule has 18 heavy (non-hydrogen) atoms. The normalized spacial score (nSPS) is 18.7. The Balaban J connectivity index is 2.07. The van der Waals surface area contributed by atoms with Gasteiger partial charge in [-0.1, -0.05) is 0 Å². The van der Waals surface area contributed by atoms with E-state index in [4.69, 9.17) is 9.15 Å². The van der Waals surface area contributed by atoms with Gasteiger partial charge in [0.05, 0.1) is 5.92 Å². The second-order valence-electron chi connectivity index (χ2n) is 5.44. The van der Waals surface area contributed by atoms with Crippen molar-refractivity contribution in [1.82, 2.24) is 0 Å². The van der Waals surface area contributed by atoms with Crippen LogP contribution in [-0.4, -0.2) is 24.4 Å². The maximum absolute atomic E-state index is 11.9. The average Bonchev–Trinajstić information content (AvgIpc) is 2.68. The quantitative estimate of drug-likeness (QED) is 0.643. The molecule has 1 atom stereocenters. The lowest BCUT2D eigenvalue weighted by atomic mass is 9.97. The molecule has 1 aromatic heterocycles. The number of nitrogens with one attached hydrogen (secondary N) is 1. The largest absolute Gasteiger partial charge is 0.460 e. The van der Waals surface area contributed by atoms with Crippen molar-refractivity contribution in [3.05, 3.63) is 17.4 Å². The van der Waals surface area contributed by atoms with Crippen LogP contribution in [0.5, 0.6) is 0 Å². The highest BCUT2D eigenvalue weighted by molar-refractivity contribution is 5.77. The van der Waals surface area contributed by atoms with Crippen molar-refractivity contribution in [2.24, 2.45) is 5.92 Å². The maximum Gasteiger partial charge on any atom is 0.311 e. The predicted octanol–water partition coefficient (Wildman–Crippen LogP) is 2.02. The minimum Gasteiger partial charge on any atom is -0.460 e. The van der Waals surface area contributed by atoms with E-state index < -0.39 is 5.60 Å². The van der Waals surface area contributed by atoms with Crippen LogP contribution >= 0.6 is 0 Å². The molecule has 0 fully saturated rings. The fourth-order valence-corrected chi connectivity index (χ4v) is 1.91. The molecule has 5 nitrogen and oxygen atoms in total. The van der Waals surface area contributed by atoms with Crippen molar-refractivity contribution in [2.45, 2.75) is 32.8 Å². The predicted molar refractivity (Wildman–Crippen MR) is 65.6 cm³/mol. The Kier molecular flexibility index (Phi) is 3.15. The van der Waals surface area contributed by atoms with Gasteiger partial charge in [0.15, 0.2) is 17.9 Å². The van der Waals surface area contributed by atoms with Gasteiger partial charge in [-0.05, 0) is 33.3 Å². The van der Waals surface area contributed by atoms with Crippen LogP contribution in [0.2, 0.25) is 0 Å². The molecule has 2 rings (SSSR count). The van der Waals surface area contributed by atoms with E-state index >= 15 is 0 Å². The third-order valence-corrected chi connectivity index (χ3v) is 2.66. The summed E-state index contributed by atoms with van der Waals surface area (Å²) in [7, 11) is 0. The van der Waals surface area contributed by atoms with Crippen LogP contribution in [0, 0.1) is 5.92 Å². The van der Waals surface area contributed by atoms with Gasteiger partial charge < -0.3 is 14.5 Å². The van der Waals surface area contributed by atoms with Crippen molar-refractivity contribution in [3.63, 3.8) is 0 Å². The van der Waals surface area contributed by atoms with Gasteiger partial charge in [0, 0.05) is 12.1 Å². The van der Waals surface area contributed by atoms with Crippen molar-refractivity contribution in [1.29, 1.82) is 0 Å². The fraction of sp³-hybridized carbons (Fsp3) is 0.538. The lowest BCUT2D eigenvalue weighted by molar-refractivity contribution is -0.159. The smallest absolute Gasteiger partial charge is 0.311 e. The first kappa shape index (κ1) is 12.7. The molecule has 0 saturated carbocycles. The van der Waals surface area contributed by atoms with Crippen molar-refractivity contribution < 1.29 is 18.7 Å². The molecule has 0 spiro atoms. The molecular formula is C13H17NO4. The molecule has 0 saturated heterocycles. The molecular weight excluding hydrogens is 234 g/mol. The molecule has 1 aliphatic heterocycles. The number of hydrogen-bond donors (Lipinski definition) is 1. The second kappa shape index (κ2) is 4.48. The molecule has 0 bridgehead atoms. The van der Waals surface area contributed by atoms with Crippen LogP contribution in [-0.2, 0) is 16.0 Å². The van der Waals surface area contributed by atoms with Crippen LogP contribution < -0.4 is 5.32 Å². The highest BCUT2D eigenvalue weighted by Gasteiger charge is 2.30. The number of carbonyl (C=O) groups excluding carboxylic acids is 2. The van der Waals surface area contributed by atoms with E-state index in [1.165, 1.54) is 0 Å². The first-order valence-corrected chi connectivity index (χ1v) is 5.93. The SMILES string of the molecule is CC(C)(C)OC(=O)C1CNc2oc(C=O)cc2C1. The van der Waals surface area contributed by atoms with Gasteiger partial charge >= 0.3 is 5.97 Å². The highest BCUT2D eigenvalue weighted by Crippen LogP contribution is 2.28. The van der Waals surface area contributed by atoms with Gasteiger partial charge in [0.2, 0.25) is 0 Å². The lowest BCUT2D eigenvalue weighted by Crippen LogP contribution is -2.35. The Morgan fingerprint density at radius 2 is 2.28 bits per heavy atom. The van der Waals surface area contributed by atoms with Gasteiger partial charge in [-0.25, -0.2) is 0 Å². The Morgan fingerprint density at radius 3 is 2.89 bits per heavy atom. The number of hydrogen-bond acceptors (Lipinski definition) is 5. The van der Waals surface area contributed by atoms with Gasteiger partial charge in [-0.3, -0.25) is 9.59 Å². The molecule has 98 valence electrons. The Bertz CT molecular complexity index is 470. The number of furan rings is 1. The number of fused-ring (bicyclic) bond motifs is 1. The molecule has 1 unspecified atom stereocenters. The van der Waals surface area contributed by atoms with Crippen LogP contribution in [0.15, 0.2) is 10.5 Å². The summed E-state index contributed by atoms with van der Waals surface area (Å²) in [6.07, 6.45) is 1.19. The summed E-state index contributed by atoms with van der Waals surface area (Å²) < 4.78 is 10.6. The van der Waals surface area contributed by atoms with E-state index in [1.54, 1.807) is 6.07 Å². The topological polar surface area (TPSA) is 68.5 Å². The zero-order valence-electron chi connectivity index (χ0n) is 10.8. The molecule has 1 aliphatic rings. The monoisotopic (exact) mass is 251 g/mol. The first-order chi connectivity index (χ1) is 8.39. The van der Waals surface area contributed by atoms with E-state index in [2.05, 4.69) is 5.32 Å². The van der Waals surface area contributed by atoms with Crippen molar-refractivity contribution in [2.75, 3.05) is 11.9 Å². The van der Waals surface area contributed by atoms with E-state index in [0.29, 0.717) is 25.1 Å². The van der Waals surface area contributed by atoms with Crippen LogP contribution in [0.3, 0.4) is 0 Å². The van der Waals surface area contributed by atoms with Crippen molar-refractivity contribution >= 4 is 18.1 Å². The van der Waals surface area contributed by atoms with E-state index in [0.717, 1.165) is 5.56 Å². The molecule has 0 aromatic carbocycles. The average molecular weight is 251 g/mol. The highest BCUT2D eigenvalue weighted by atomic mass is 16.6. The third kappa shape index (κ3) is 2.72. The number of aldehydes is 1. The summed E-state index contributed by atoms with van der Waals surface area (Å²) in [5, 5.41) is 3.01. The number of carbonyl (C=O) groups is 2. The molecule has 5 heteroatoms. The van der Waals surface area contributed by atoms with Gasteiger partial charge in [0.1, 0.15) is 5.60 Å². The first-order valence-electron chi connectivity index (χ1n) is 5.93. The molecule has 1 N–H and O–H groups in total. The lowest BCUT2D eigenvalue weighted by Gasteiger charge is -2.26. The summed E-state index contributed by atoms with van der Waals surface area (Å²) >= 11 is 0. The molecule has 0 amide bonds. The molecule has 0 aliphatic carbocycles. The summed E-state index contributed by atoms with van der Waals surface area (Å²) in [6, 6.07) is 1.66. The number of rotatable bonds is 2. The van der Waals surface area contributed by atoms with E-state index in [9.17, 15) is 9.59 Å². The number of ether oxygens (including phenoxy) is 1. The second-order valence-corrected chi connectivity index (χ2v) is 5.44. The van der Waals surface area contributed by atoms with Crippen LogP contribution in [0.25, 0.3) is 0 Å². The summed E-state index contributed by atoms with van der Waals surface area (Å²) in [5.74, 6) is 0.387. The minimum atomic E-state index is -0.484.